The van der Waals surface area contributed by atoms with Crippen molar-refractivity contribution >= 4 is 198 Å². The third-order valence-electron chi connectivity index (χ3n) is 30.7. The van der Waals surface area contributed by atoms with Crippen molar-refractivity contribution in [3.8, 4) is 0 Å². The summed E-state index contributed by atoms with van der Waals surface area (Å²) >= 11 is 13.7. The Morgan fingerprint density at radius 3 is 0.806 bits per heavy atom. The van der Waals surface area contributed by atoms with Crippen LogP contribution in [0.2, 0.25) is 0 Å². The summed E-state index contributed by atoms with van der Waals surface area (Å²) in [6, 6.07) is 39.0. The van der Waals surface area contributed by atoms with Gasteiger partial charge < -0.3 is 122 Å². The molecule has 4 aromatic carbocycles. The smallest absolute Gasteiger partial charge is 0.145 e. The van der Waals surface area contributed by atoms with Gasteiger partial charge >= 0.3 is 0 Å². The number of aromatic nitrogens is 16. The summed E-state index contributed by atoms with van der Waals surface area (Å²) < 4.78 is 35.9. The van der Waals surface area contributed by atoms with Crippen LogP contribution in [0.3, 0.4) is 0 Å². The molecule has 0 bridgehead atoms. The van der Waals surface area contributed by atoms with Crippen LogP contribution in [0.5, 0.6) is 0 Å². The number of pyridine rings is 4. The maximum atomic E-state index is 11.2. The Kier molecular flexibility index (Phi) is 27.2. The average molecular weight is 2210 g/mol. The van der Waals surface area contributed by atoms with E-state index < -0.39 is 70.5 Å². The molecule has 8 fully saturated rings. The van der Waals surface area contributed by atoms with Gasteiger partial charge in [-0.15, -0.1) is 0 Å². The summed E-state index contributed by atoms with van der Waals surface area (Å²) in [6.07, 6.45) is 12.4. The molecular formula is C104H116Br4N24O12. The molecule has 144 heavy (non-hydrogen) atoms. The molecule has 40 heteroatoms. The van der Waals surface area contributed by atoms with Gasteiger partial charge in [0.05, 0.1) is 161 Å². The van der Waals surface area contributed by atoms with E-state index in [9.17, 15) is 40.9 Å². The highest BCUT2D eigenvalue weighted by atomic mass is 79.9. The van der Waals surface area contributed by atoms with Crippen LogP contribution in [-0.2, 0) is 18.9 Å². The number of nitrogen functional groups attached to an aromatic ring is 4. The number of nitrogens with one attached hydrogen (secondary N) is 4. The lowest BCUT2D eigenvalue weighted by molar-refractivity contribution is -0.0309. The van der Waals surface area contributed by atoms with Crippen molar-refractivity contribution in [2.45, 2.75) is 215 Å². The van der Waals surface area contributed by atoms with Gasteiger partial charge in [0, 0.05) is 93.2 Å². The molecule has 0 amide bonds. The van der Waals surface area contributed by atoms with Gasteiger partial charge in [-0.05, 0) is 251 Å². The van der Waals surface area contributed by atoms with Crippen LogP contribution in [0, 0.1) is 21.7 Å². The second-order valence-electron chi connectivity index (χ2n) is 40.7. The first-order valence-corrected chi connectivity index (χ1v) is 52.1. The first-order chi connectivity index (χ1) is 69.3. The van der Waals surface area contributed by atoms with Gasteiger partial charge in [0.25, 0.3) is 0 Å². The van der Waals surface area contributed by atoms with Crippen molar-refractivity contribution in [3.05, 3.63) is 212 Å². The van der Waals surface area contributed by atoms with Crippen LogP contribution in [0.1, 0.15) is 177 Å². The summed E-state index contributed by atoms with van der Waals surface area (Å²) in [6.45, 7) is 15.6. The van der Waals surface area contributed by atoms with E-state index in [-0.39, 0.29) is 60.7 Å². The number of nitrogens with two attached hydrogens (primary N) is 4. The third-order valence-corrected chi connectivity index (χ3v) is 33.2. The number of rotatable bonds is 18. The summed E-state index contributed by atoms with van der Waals surface area (Å²) in [5.74, 6) is 4.85. The third kappa shape index (κ3) is 18.1. The molecular weight excluding hydrogens is 2100 g/mol. The number of anilines is 8. The molecule has 752 valence electrons. The lowest BCUT2D eigenvalue weighted by Crippen LogP contribution is -2.37. The molecule has 8 aliphatic rings. The zero-order valence-electron chi connectivity index (χ0n) is 80.1. The Hall–Kier alpha value is -11.2. The highest BCUT2D eigenvalue weighted by molar-refractivity contribution is 9.11. The summed E-state index contributed by atoms with van der Waals surface area (Å²) in [7, 11) is 0. The van der Waals surface area contributed by atoms with E-state index in [1.165, 1.54) is 25.3 Å². The van der Waals surface area contributed by atoms with Gasteiger partial charge in [-0.3, -0.25) is 0 Å². The Labute approximate surface area is 861 Å². The molecule has 20 atom stereocenters. The number of fused-ring (bicyclic) bond motifs is 8. The number of hydrogen-bond donors (Lipinski definition) is 16. The highest BCUT2D eigenvalue weighted by Gasteiger charge is 2.62. The molecule has 4 saturated carbocycles. The van der Waals surface area contributed by atoms with E-state index in [1.807, 2.05) is 164 Å². The highest BCUT2D eigenvalue weighted by Crippen LogP contribution is 2.60. The SMILES string of the molecule is CC(C)Nc1ncnc2c1ccn2[C@@H]1C[C@@]2(CO[C@@H](c3ccc4cc(Br)c(N)nc4c3)C2)[C@@H](O)[C@H]1O.CC(C)Nc1ncnc2c1ccn2[C@@H]1C[C@@]2(CO[C@H](c3ccc4cc(Br)c(N)nc4c3)C2)[C@@H](O)[C@H]1O.CCCNc1ncnc2c1ccn2[C@@H]1C[C@@]2(CO[C@@H](c3ccc4cc(Br)c(N)nc4c3)C2)[C@@H](O)[C@H]1O.CCCNc1ncnc2c1ccn2[C@@H]1C[C@@]2(CO[C@H](c3ccc4cc(Br)c(N)nc4c3)C2)[C@@H](O)[C@H]1O. The molecule has 16 heterocycles. The van der Waals surface area contributed by atoms with Crippen molar-refractivity contribution in [1.82, 2.24) is 78.1 Å². The fourth-order valence-corrected chi connectivity index (χ4v) is 24.6. The van der Waals surface area contributed by atoms with Crippen molar-refractivity contribution in [1.29, 1.82) is 0 Å². The number of ether oxygens (including phenoxy) is 4. The molecule has 20 N–H and O–H groups in total. The predicted molar refractivity (Wildman–Crippen MR) is 566 cm³/mol. The first-order valence-electron chi connectivity index (χ1n) is 48.9. The lowest BCUT2D eigenvalue weighted by Gasteiger charge is -2.26. The molecule has 0 unspecified atom stereocenters. The second kappa shape index (κ2) is 39.6. The standard InChI is InChI=1S/4C26H29BrN6O3/c2*1-13(2)31-24-16-5-6-33(25(16)30-12-29-24)19-9-26(22(35)21(19)34)10-20(36-11-26)15-4-3-14-7-17(27)23(28)32-18(14)8-15;2*1-2-6-29-24-16-5-7-33(25(16)31-13-30-24)19-10-26(22(35)21(19)34)11-20(36-12-26)15-4-3-14-8-17(27)23(28)32-18(14)9-15/h2*3-8,12-13,19-22,34-35H,9-11H2,1-2H3,(H2,28,32)(H,29,30,31);2*3-5,7-9,13,19-22,34-35H,2,6,10-12H2,1H3,(H2,28,32)(H,29,30,31)/t19-,20+,21+,22+,26-;19-,20-,21+,22+,26-;19-,20+,21+,22+,26-;19-,20-,21+,22+,26-/m1111/s1. The van der Waals surface area contributed by atoms with Crippen LogP contribution < -0.4 is 44.2 Å². The van der Waals surface area contributed by atoms with Crippen LogP contribution in [0.15, 0.2) is 189 Å². The normalized spacial score (nSPS) is 28.1. The first kappa shape index (κ1) is 98.8. The van der Waals surface area contributed by atoms with Crippen molar-refractivity contribution in [2.75, 3.05) is 83.7 Å². The number of aliphatic hydroxyl groups is 8. The second-order valence-corrected chi connectivity index (χ2v) is 44.1. The maximum absolute atomic E-state index is 11.2. The molecule has 36 nitrogen and oxygen atoms in total. The minimum Gasteiger partial charge on any atom is -0.390 e. The molecule has 4 spiro atoms. The van der Waals surface area contributed by atoms with Crippen molar-refractivity contribution in [2.24, 2.45) is 21.7 Å². The van der Waals surface area contributed by atoms with Crippen molar-refractivity contribution < 1.29 is 59.8 Å². The predicted octanol–water partition coefficient (Wildman–Crippen LogP) is 15.8. The van der Waals surface area contributed by atoms with E-state index in [2.05, 4.69) is 186 Å². The van der Waals surface area contributed by atoms with E-state index >= 15 is 0 Å². The largest absolute Gasteiger partial charge is 0.390 e. The van der Waals surface area contributed by atoms with Gasteiger partial charge in [-0.1, -0.05) is 62.4 Å². The lowest BCUT2D eigenvalue weighted by atomic mass is 9.80. The number of hydrogen-bond acceptors (Lipinski definition) is 32. The van der Waals surface area contributed by atoms with Crippen LogP contribution in [0.4, 0.5) is 46.5 Å². The average Bonchev–Trinajstić information content (AvgIpc) is 1.59. The molecule has 24 rings (SSSR count). The quantitative estimate of drug-likeness (QED) is 0.0379. The number of aliphatic hydroxyl groups excluding tert-OH is 8. The summed E-state index contributed by atoms with van der Waals surface area (Å²) in [4.78, 5) is 53.5. The fraction of sp³-hybridized carbons (Fsp3) is 0.423. The Balaban J connectivity index is 0.000000113. The number of benzene rings is 4. The topological polar surface area (TPSA) is 525 Å². The van der Waals surface area contributed by atoms with E-state index in [4.69, 9.17) is 41.9 Å². The molecule has 4 aliphatic carbocycles. The fourth-order valence-electron chi connectivity index (χ4n) is 23.2. The minimum absolute atomic E-state index is 0.199. The van der Waals surface area contributed by atoms with Crippen LogP contribution >= 0.6 is 63.7 Å². The zero-order valence-corrected chi connectivity index (χ0v) is 86.4. The van der Waals surface area contributed by atoms with Gasteiger partial charge in [-0.25, -0.2) is 59.8 Å². The van der Waals surface area contributed by atoms with Gasteiger partial charge in [-0.2, -0.15) is 0 Å². The van der Waals surface area contributed by atoms with Crippen molar-refractivity contribution in [3.63, 3.8) is 0 Å². The molecule has 16 aromatic rings. The molecule has 4 saturated heterocycles. The molecule has 0 radical (unpaired) electrons. The minimum atomic E-state index is -0.935. The van der Waals surface area contributed by atoms with E-state index in [1.54, 1.807) is 0 Å². The molecule has 4 aliphatic heterocycles. The van der Waals surface area contributed by atoms with Crippen LogP contribution in [-0.4, -0.2) is 219 Å². The van der Waals surface area contributed by atoms with Gasteiger partial charge in [0.1, 0.15) is 119 Å². The Morgan fingerprint density at radius 1 is 0.333 bits per heavy atom. The van der Waals surface area contributed by atoms with E-state index in [0.717, 1.165) is 177 Å². The Bertz CT molecular complexity index is 7120. The Morgan fingerprint density at radius 2 is 0.569 bits per heavy atom. The zero-order chi connectivity index (χ0) is 100. The summed E-state index contributed by atoms with van der Waals surface area (Å²) in [5.41, 5.74) is 31.8. The summed E-state index contributed by atoms with van der Waals surface area (Å²) in [5, 5.41) is 111. The van der Waals surface area contributed by atoms with Gasteiger partial charge in [0.15, 0.2) is 0 Å². The van der Waals surface area contributed by atoms with Crippen LogP contribution in [0.25, 0.3) is 87.7 Å². The number of nitrogens with zero attached hydrogens (tertiary/aromatic N) is 16. The van der Waals surface area contributed by atoms with E-state index in [0.29, 0.717) is 101 Å². The molecule has 12 aromatic heterocycles. The maximum Gasteiger partial charge on any atom is 0.145 e. The number of halogens is 4. The monoisotopic (exact) mass is 2210 g/mol. The van der Waals surface area contributed by atoms with Gasteiger partial charge in [0.2, 0.25) is 0 Å².